The molecule has 4 rings (SSSR count). The van der Waals surface area contributed by atoms with E-state index in [9.17, 15) is 10.1 Å². The van der Waals surface area contributed by atoms with Crippen molar-refractivity contribution in [3.05, 3.63) is 82.6 Å². The highest BCUT2D eigenvalue weighted by Gasteiger charge is 2.17. The van der Waals surface area contributed by atoms with E-state index in [0.717, 1.165) is 16.3 Å². The molecule has 0 saturated heterocycles. The average molecular weight is 382 g/mol. The first-order valence-corrected chi connectivity index (χ1v) is 9.04. The molecule has 5 nitrogen and oxygen atoms in total. The van der Waals surface area contributed by atoms with E-state index in [1.54, 1.807) is 32.4 Å². The van der Waals surface area contributed by atoms with Crippen molar-refractivity contribution in [3.63, 3.8) is 0 Å². The van der Waals surface area contributed by atoms with Gasteiger partial charge in [-0.05, 0) is 29.0 Å². The molecule has 142 valence electrons. The van der Waals surface area contributed by atoms with Crippen LogP contribution >= 0.6 is 0 Å². The van der Waals surface area contributed by atoms with Crippen LogP contribution in [-0.4, -0.2) is 19.2 Å². The summed E-state index contributed by atoms with van der Waals surface area (Å²) in [6, 6.07) is 23.0. The molecule has 4 aromatic rings. The van der Waals surface area contributed by atoms with Gasteiger partial charge in [-0.2, -0.15) is 5.26 Å². The maximum atomic E-state index is 12.8. The molecule has 29 heavy (non-hydrogen) atoms. The van der Waals surface area contributed by atoms with Crippen LogP contribution in [0.4, 0.5) is 0 Å². The van der Waals surface area contributed by atoms with Crippen molar-refractivity contribution >= 4 is 10.8 Å². The molecular weight excluding hydrogens is 364 g/mol. The molecule has 0 amide bonds. The van der Waals surface area contributed by atoms with Crippen molar-refractivity contribution in [1.82, 2.24) is 4.98 Å². The van der Waals surface area contributed by atoms with Gasteiger partial charge in [-0.3, -0.25) is 4.79 Å². The maximum absolute atomic E-state index is 12.8. The van der Waals surface area contributed by atoms with Gasteiger partial charge in [0.15, 0.2) is 0 Å². The Morgan fingerprint density at radius 2 is 1.66 bits per heavy atom. The van der Waals surface area contributed by atoms with Gasteiger partial charge in [-0.15, -0.1) is 0 Å². The molecule has 0 saturated carbocycles. The summed E-state index contributed by atoms with van der Waals surface area (Å²) < 4.78 is 10.8. The number of rotatable bonds is 4. The van der Waals surface area contributed by atoms with Crippen LogP contribution in [0.2, 0.25) is 0 Å². The Kier molecular flexibility index (Phi) is 4.76. The molecule has 5 heteroatoms. The molecule has 0 radical (unpaired) electrons. The summed E-state index contributed by atoms with van der Waals surface area (Å²) in [5.41, 5.74) is 2.29. The van der Waals surface area contributed by atoms with E-state index in [1.807, 2.05) is 54.6 Å². The number of methoxy groups -OCH3 is 2. The lowest BCUT2D eigenvalue weighted by Gasteiger charge is -2.14. The third-order valence-electron chi connectivity index (χ3n) is 4.92. The lowest BCUT2D eigenvalue weighted by atomic mass is 9.96. The van der Waals surface area contributed by atoms with Gasteiger partial charge in [0, 0.05) is 28.5 Å². The van der Waals surface area contributed by atoms with Crippen LogP contribution in [0.25, 0.3) is 33.2 Å². The largest absolute Gasteiger partial charge is 0.497 e. The van der Waals surface area contributed by atoms with Gasteiger partial charge >= 0.3 is 0 Å². The van der Waals surface area contributed by atoms with Gasteiger partial charge in [-0.25, -0.2) is 0 Å². The molecule has 0 atom stereocenters. The quantitative estimate of drug-likeness (QED) is 0.553. The monoisotopic (exact) mass is 382 g/mol. The third-order valence-corrected chi connectivity index (χ3v) is 4.92. The number of H-pyrrole nitrogens is 1. The van der Waals surface area contributed by atoms with Crippen molar-refractivity contribution in [2.24, 2.45) is 0 Å². The van der Waals surface area contributed by atoms with Crippen LogP contribution in [0.5, 0.6) is 11.5 Å². The molecule has 0 spiro atoms. The molecule has 3 aromatic carbocycles. The van der Waals surface area contributed by atoms with E-state index in [1.165, 1.54) is 0 Å². The number of aromatic nitrogens is 1. The van der Waals surface area contributed by atoms with Crippen molar-refractivity contribution in [2.45, 2.75) is 0 Å². The summed E-state index contributed by atoms with van der Waals surface area (Å²) in [7, 11) is 3.12. The zero-order valence-electron chi connectivity index (χ0n) is 16.0. The van der Waals surface area contributed by atoms with Crippen LogP contribution in [0, 0.1) is 11.3 Å². The summed E-state index contributed by atoms with van der Waals surface area (Å²) in [4.78, 5) is 15.6. The summed E-state index contributed by atoms with van der Waals surface area (Å²) in [5.74, 6) is 1.15. The van der Waals surface area contributed by atoms with Crippen LogP contribution in [0.1, 0.15) is 5.56 Å². The summed E-state index contributed by atoms with van der Waals surface area (Å²) in [6.45, 7) is 0. The highest BCUT2D eigenvalue weighted by Crippen LogP contribution is 2.36. The fourth-order valence-corrected chi connectivity index (χ4v) is 3.51. The number of nitriles is 1. The number of nitrogens with zero attached hydrogens (tertiary/aromatic N) is 1. The number of fused-ring (bicyclic) bond motifs is 1. The van der Waals surface area contributed by atoms with Crippen LogP contribution < -0.4 is 15.0 Å². The SMILES string of the molecule is COc1ccc(-c2cc(-c3cccc4ccccc34)[nH]c(=O)c2C#N)c(OC)c1. The van der Waals surface area contributed by atoms with Crippen molar-refractivity contribution in [1.29, 1.82) is 5.26 Å². The molecule has 0 bridgehead atoms. The normalized spacial score (nSPS) is 10.5. The highest BCUT2D eigenvalue weighted by molar-refractivity contribution is 5.96. The summed E-state index contributed by atoms with van der Waals surface area (Å²) >= 11 is 0. The molecule has 0 unspecified atom stereocenters. The number of hydrogen-bond donors (Lipinski definition) is 1. The lowest BCUT2D eigenvalue weighted by Crippen LogP contribution is -2.13. The van der Waals surface area contributed by atoms with Gasteiger partial charge < -0.3 is 14.5 Å². The van der Waals surface area contributed by atoms with Crippen molar-refractivity contribution in [2.75, 3.05) is 14.2 Å². The summed E-state index contributed by atoms with van der Waals surface area (Å²) in [6.07, 6.45) is 0. The van der Waals surface area contributed by atoms with Gasteiger partial charge in [0.1, 0.15) is 23.1 Å². The van der Waals surface area contributed by atoms with Gasteiger partial charge in [0.25, 0.3) is 5.56 Å². The molecule has 1 N–H and O–H groups in total. The van der Waals surface area contributed by atoms with Gasteiger partial charge in [0.05, 0.1) is 14.2 Å². The first kappa shape index (κ1) is 18.3. The average Bonchev–Trinajstić information content (AvgIpc) is 2.77. The first-order chi connectivity index (χ1) is 14.2. The predicted molar refractivity (Wildman–Crippen MR) is 113 cm³/mol. The Morgan fingerprint density at radius 3 is 2.41 bits per heavy atom. The molecular formula is C24H18N2O3. The van der Waals surface area contributed by atoms with E-state index < -0.39 is 5.56 Å². The third kappa shape index (κ3) is 3.21. The van der Waals surface area contributed by atoms with E-state index in [2.05, 4.69) is 4.98 Å². The zero-order chi connectivity index (χ0) is 20.4. The minimum Gasteiger partial charge on any atom is -0.497 e. The summed E-state index contributed by atoms with van der Waals surface area (Å²) in [5, 5.41) is 11.7. The number of ether oxygens (including phenoxy) is 2. The van der Waals surface area contributed by atoms with E-state index in [4.69, 9.17) is 9.47 Å². The van der Waals surface area contributed by atoms with E-state index in [-0.39, 0.29) is 5.56 Å². The number of hydrogen-bond acceptors (Lipinski definition) is 4. The maximum Gasteiger partial charge on any atom is 0.266 e. The number of aromatic amines is 1. The Morgan fingerprint density at radius 1 is 0.862 bits per heavy atom. The first-order valence-electron chi connectivity index (χ1n) is 9.04. The lowest BCUT2D eigenvalue weighted by molar-refractivity contribution is 0.395. The number of pyridine rings is 1. The molecule has 0 aliphatic heterocycles. The van der Waals surface area contributed by atoms with E-state index >= 15 is 0 Å². The molecule has 0 aliphatic carbocycles. The number of nitrogens with one attached hydrogen (secondary N) is 1. The molecule has 0 aliphatic rings. The minimum absolute atomic E-state index is 0.0393. The smallest absolute Gasteiger partial charge is 0.266 e. The Balaban J connectivity index is 2.01. The minimum atomic E-state index is -0.439. The predicted octanol–water partition coefficient (Wildman–Crippen LogP) is 4.75. The molecule has 1 heterocycles. The molecule has 0 fully saturated rings. The zero-order valence-corrected chi connectivity index (χ0v) is 16.0. The second-order valence-electron chi connectivity index (χ2n) is 6.51. The Hall–Kier alpha value is -4.04. The Labute approximate surface area is 167 Å². The van der Waals surface area contributed by atoms with Crippen molar-refractivity contribution < 1.29 is 9.47 Å². The number of benzene rings is 3. The second-order valence-corrected chi connectivity index (χ2v) is 6.51. The van der Waals surface area contributed by atoms with Crippen LogP contribution in [-0.2, 0) is 0 Å². The van der Waals surface area contributed by atoms with Crippen LogP contribution in [0.15, 0.2) is 71.5 Å². The van der Waals surface area contributed by atoms with Crippen LogP contribution in [0.3, 0.4) is 0 Å². The fourth-order valence-electron chi connectivity index (χ4n) is 3.51. The van der Waals surface area contributed by atoms with Crippen molar-refractivity contribution in [3.8, 4) is 40.0 Å². The van der Waals surface area contributed by atoms with Gasteiger partial charge in [-0.1, -0.05) is 42.5 Å². The van der Waals surface area contributed by atoms with Gasteiger partial charge in [0.2, 0.25) is 0 Å². The Bertz CT molecular complexity index is 1310. The molecule has 1 aromatic heterocycles. The topological polar surface area (TPSA) is 75.1 Å². The van der Waals surface area contributed by atoms with E-state index in [0.29, 0.717) is 28.3 Å². The second kappa shape index (κ2) is 7.53. The standard InChI is InChI=1S/C24H18N2O3/c1-28-16-10-11-19(23(12-16)29-2)20-13-22(26-24(27)21(20)14-25)18-9-5-7-15-6-3-4-8-17(15)18/h3-13H,1-2H3,(H,26,27). The fraction of sp³-hybridized carbons (Fsp3) is 0.0833. The highest BCUT2D eigenvalue weighted by atomic mass is 16.5.